The summed E-state index contributed by atoms with van der Waals surface area (Å²) in [4.78, 5) is 26.0. The van der Waals surface area contributed by atoms with Gasteiger partial charge < -0.3 is 20.1 Å². The van der Waals surface area contributed by atoms with Crippen LogP contribution in [0.5, 0.6) is 5.75 Å². The van der Waals surface area contributed by atoms with Crippen LogP contribution in [0.15, 0.2) is 54.7 Å². The molecule has 0 unspecified atom stereocenters. The van der Waals surface area contributed by atoms with E-state index in [0.29, 0.717) is 37.0 Å². The molecule has 1 saturated heterocycles. The fourth-order valence-corrected chi connectivity index (χ4v) is 3.93. The van der Waals surface area contributed by atoms with Crippen molar-refractivity contribution in [1.29, 1.82) is 0 Å². The van der Waals surface area contributed by atoms with Crippen LogP contribution in [0.1, 0.15) is 33.7 Å². The standard InChI is InChI=1S/C24H25N3O5/c1-31-21-9-8-19(17-5-2-3-6-18(17)21)23(28)26-20-7-4-12-27(30)22(20)24(29)25-15-16-10-13-32-14-11-16/h2-9,12,16H,10-11,13-15H2,1H3,(H2-,25,26,28,29,30)/p+1. The van der Waals surface area contributed by atoms with E-state index in [9.17, 15) is 14.8 Å². The number of rotatable bonds is 6. The van der Waals surface area contributed by atoms with Crippen molar-refractivity contribution in [3.8, 4) is 5.75 Å². The second-order valence-corrected chi connectivity index (χ2v) is 7.70. The summed E-state index contributed by atoms with van der Waals surface area (Å²) in [6.45, 7) is 1.85. The largest absolute Gasteiger partial charge is 0.496 e. The van der Waals surface area contributed by atoms with Gasteiger partial charge in [-0.1, -0.05) is 24.3 Å². The summed E-state index contributed by atoms with van der Waals surface area (Å²) in [7, 11) is 1.58. The minimum atomic E-state index is -0.463. The molecule has 166 valence electrons. The van der Waals surface area contributed by atoms with Crippen molar-refractivity contribution in [3.05, 3.63) is 66.0 Å². The maximum atomic E-state index is 13.1. The van der Waals surface area contributed by atoms with Crippen LogP contribution in [-0.4, -0.2) is 43.9 Å². The zero-order valence-corrected chi connectivity index (χ0v) is 17.8. The number of pyridine rings is 1. The smallest absolute Gasteiger partial charge is 0.344 e. The summed E-state index contributed by atoms with van der Waals surface area (Å²) in [5.41, 5.74) is 0.610. The maximum Gasteiger partial charge on any atom is 0.344 e. The van der Waals surface area contributed by atoms with Gasteiger partial charge in [-0.15, -0.1) is 0 Å². The number of hydrogen-bond acceptors (Lipinski definition) is 5. The SMILES string of the molecule is COc1ccc(C(=O)Nc2ccc[n+](O)c2C(=O)NCC2CCOCC2)c2ccccc12. The first-order valence-corrected chi connectivity index (χ1v) is 10.6. The molecule has 3 aromatic rings. The third-order valence-corrected chi connectivity index (χ3v) is 5.68. The van der Waals surface area contributed by atoms with E-state index in [-0.39, 0.29) is 11.4 Å². The number of methoxy groups -OCH3 is 1. The minimum Gasteiger partial charge on any atom is -0.496 e. The summed E-state index contributed by atoms with van der Waals surface area (Å²) in [6, 6.07) is 14.0. The topological polar surface area (TPSA) is 101 Å². The van der Waals surface area contributed by atoms with Crippen molar-refractivity contribution in [2.45, 2.75) is 12.8 Å². The van der Waals surface area contributed by atoms with Crippen LogP contribution in [0.25, 0.3) is 10.8 Å². The number of anilines is 1. The van der Waals surface area contributed by atoms with Gasteiger partial charge in [0.2, 0.25) is 6.20 Å². The second-order valence-electron chi connectivity index (χ2n) is 7.70. The average molecular weight is 436 g/mol. The first-order valence-electron chi connectivity index (χ1n) is 10.6. The maximum absolute atomic E-state index is 13.1. The van der Waals surface area contributed by atoms with E-state index < -0.39 is 11.8 Å². The van der Waals surface area contributed by atoms with Crippen molar-refractivity contribution in [2.75, 3.05) is 32.2 Å². The van der Waals surface area contributed by atoms with Crippen LogP contribution in [0.2, 0.25) is 0 Å². The molecule has 2 aromatic carbocycles. The first-order chi connectivity index (χ1) is 15.6. The highest BCUT2D eigenvalue weighted by atomic mass is 16.5. The van der Waals surface area contributed by atoms with Crippen LogP contribution < -0.4 is 20.1 Å². The molecule has 4 rings (SSSR count). The summed E-state index contributed by atoms with van der Waals surface area (Å²) >= 11 is 0. The number of carbonyl (C=O) groups is 2. The molecule has 8 heteroatoms. The number of benzene rings is 2. The molecule has 1 aromatic heterocycles. The Kier molecular flexibility index (Phi) is 6.51. The van der Waals surface area contributed by atoms with Gasteiger partial charge in [0.05, 0.1) is 7.11 Å². The molecular formula is C24H26N3O5+. The number of ether oxygens (including phenoxy) is 2. The predicted molar refractivity (Wildman–Crippen MR) is 118 cm³/mol. The van der Waals surface area contributed by atoms with Gasteiger partial charge in [-0.3, -0.25) is 14.8 Å². The van der Waals surface area contributed by atoms with Gasteiger partial charge in [0.15, 0.2) is 0 Å². The van der Waals surface area contributed by atoms with Crippen molar-refractivity contribution in [1.82, 2.24) is 5.32 Å². The molecule has 0 radical (unpaired) electrons. The number of fused-ring (bicyclic) bond motifs is 1. The summed E-state index contributed by atoms with van der Waals surface area (Å²) in [6.07, 6.45) is 3.10. The van der Waals surface area contributed by atoms with Crippen LogP contribution >= 0.6 is 0 Å². The Morgan fingerprint density at radius 2 is 1.81 bits per heavy atom. The van der Waals surface area contributed by atoms with Crippen molar-refractivity contribution in [2.24, 2.45) is 5.92 Å². The molecular weight excluding hydrogens is 410 g/mol. The molecule has 2 heterocycles. The van der Waals surface area contributed by atoms with Crippen molar-refractivity contribution in [3.63, 3.8) is 0 Å². The predicted octanol–water partition coefficient (Wildman–Crippen LogP) is 2.78. The zero-order chi connectivity index (χ0) is 22.5. The highest BCUT2D eigenvalue weighted by molar-refractivity contribution is 6.15. The Morgan fingerprint density at radius 3 is 2.56 bits per heavy atom. The number of hydrogen-bond donors (Lipinski definition) is 3. The molecule has 3 N–H and O–H groups in total. The highest BCUT2D eigenvalue weighted by Crippen LogP contribution is 2.29. The van der Waals surface area contributed by atoms with Crippen molar-refractivity contribution < 1.29 is 29.0 Å². The van der Waals surface area contributed by atoms with Gasteiger partial charge in [-0.2, -0.15) is 0 Å². The van der Waals surface area contributed by atoms with Gasteiger partial charge >= 0.3 is 11.6 Å². The molecule has 32 heavy (non-hydrogen) atoms. The molecule has 0 aliphatic carbocycles. The lowest BCUT2D eigenvalue weighted by Gasteiger charge is -2.21. The average Bonchev–Trinajstić information content (AvgIpc) is 2.82. The fourth-order valence-electron chi connectivity index (χ4n) is 3.93. The molecule has 8 nitrogen and oxygen atoms in total. The number of nitrogens with one attached hydrogen (secondary N) is 2. The third-order valence-electron chi connectivity index (χ3n) is 5.68. The molecule has 0 bridgehead atoms. The number of nitrogens with zero attached hydrogens (tertiary/aromatic N) is 1. The Hall–Kier alpha value is -3.65. The van der Waals surface area contributed by atoms with Gasteiger partial charge in [-0.05, 0) is 42.3 Å². The third kappa shape index (κ3) is 4.50. The Balaban J connectivity index is 1.57. The number of amides is 2. The van der Waals surface area contributed by atoms with E-state index >= 15 is 0 Å². The highest BCUT2D eigenvalue weighted by Gasteiger charge is 2.27. The molecule has 0 atom stereocenters. The number of aromatic nitrogens is 1. The van der Waals surface area contributed by atoms with Gasteiger partial charge in [0.1, 0.15) is 11.4 Å². The summed E-state index contributed by atoms with van der Waals surface area (Å²) in [5.74, 6) is 0.133. The number of carbonyl (C=O) groups excluding carboxylic acids is 2. The van der Waals surface area contributed by atoms with Crippen LogP contribution in [0.4, 0.5) is 5.69 Å². The first kappa shape index (κ1) is 21.6. The Bertz CT molecular complexity index is 1140. The fraction of sp³-hybridized carbons (Fsp3) is 0.292. The summed E-state index contributed by atoms with van der Waals surface area (Å²) < 4.78 is 11.5. The lowest BCUT2D eigenvalue weighted by molar-refractivity contribution is -0.905. The van der Waals surface area contributed by atoms with Gasteiger partial charge in [0.25, 0.3) is 5.91 Å². The van der Waals surface area contributed by atoms with E-state index in [4.69, 9.17) is 9.47 Å². The second kappa shape index (κ2) is 9.65. The van der Waals surface area contributed by atoms with Crippen LogP contribution in [0.3, 0.4) is 0 Å². The van der Waals surface area contributed by atoms with Gasteiger partial charge in [0, 0.05) is 41.5 Å². The van der Waals surface area contributed by atoms with E-state index in [2.05, 4.69) is 10.6 Å². The van der Waals surface area contributed by atoms with Crippen molar-refractivity contribution >= 4 is 28.3 Å². The molecule has 1 fully saturated rings. The van der Waals surface area contributed by atoms with Crippen LogP contribution in [0, 0.1) is 5.92 Å². The molecule has 1 aliphatic rings. The molecule has 0 saturated carbocycles. The van der Waals surface area contributed by atoms with E-state index in [0.717, 1.165) is 28.3 Å². The molecule has 0 spiro atoms. The monoisotopic (exact) mass is 436 g/mol. The lowest BCUT2D eigenvalue weighted by atomic mass is 10.0. The van der Waals surface area contributed by atoms with E-state index in [1.54, 1.807) is 31.4 Å². The van der Waals surface area contributed by atoms with E-state index in [1.165, 1.54) is 6.20 Å². The lowest BCUT2D eigenvalue weighted by Crippen LogP contribution is -2.44. The molecule has 2 amide bonds. The summed E-state index contributed by atoms with van der Waals surface area (Å²) in [5, 5.41) is 17.5. The zero-order valence-electron chi connectivity index (χ0n) is 17.8. The van der Waals surface area contributed by atoms with Gasteiger partial charge in [-0.25, -0.2) is 0 Å². The Morgan fingerprint density at radius 1 is 1.06 bits per heavy atom. The quantitative estimate of drug-likeness (QED) is 0.408. The Labute approximate surface area is 185 Å². The normalized spacial score (nSPS) is 14.2. The van der Waals surface area contributed by atoms with E-state index in [1.807, 2.05) is 24.3 Å². The minimum absolute atomic E-state index is 0.0364. The molecule has 1 aliphatic heterocycles. The van der Waals surface area contributed by atoms with Crippen LogP contribution in [-0.2, 0) is 4.74 Å².